The zero-order valence-corrected chi connectivity index (χ0v) is 17.8. The molecule has 2 aliphatic heterocycles. The van der Waals surface area contributed by atoms with Gasteiger partial charge in [-0.25, -0.2) is 0 Å². The van der Waals surface area contributed by atoms with Crippen LogP contribution >= 0.6 is 0 Å². The van der Waals surface area contributed by atoms with Crippen molar-refractivity contribution in [3.63, 3.8) is 0 Å². The first-order valence-electron chi connectivity index (χ1n) is 10.8. The van der Waals surface area contributed by atoms with Gasteiger partial charge in [-0.2, -0.15) is 5.10 Å². The molecule has 4 heterocycles. The lowest BCUT2D eigenvalue weighted by molar-refractivity contribution is -0.137. The monoisotopic (exact) mass is 417 g/mol. The van der Waals surface area contributed by atoms with E-state index in [1.807, 2.05) is 47.2 Å². The Kier molecular flexibility index (Phi) is 5.53. The van der Waals surface area contributed by atoms with E-state index in [9.17, 15) is 4.79 Å². The fourth-order valence-corrected chi connectivity index (χ4v) is 4.51. The first-order chi connectivity index (χ1) is 15.2. The maximum atomic E-state index is 13.3. The van der Waals surface area contributed by atoms with Crippen LogP contribution in [-0.2, 0) is 29.7 Å². The van der Waals surface area contributed by atoms with Gasteiger partial charge < -0.3 is 9.64 Å². The van der Waals surface area contributed by atoms with E-state index in [0.717, 1.165) is 35.6 Å². The molecule has 2 aromatic heterocycles. The van der Waals surface area contributed by atoms with Gasteiger partial charge in [0.05, 0.1) is 30.5 Å². The summed E-state index contributed by atoms with van der Waals surface area (Å²) in [7, 11) is 1.93. The van der Waals surface area contributed by atoms with Gasteiger partial charge in [0.2, 0.25) is 5.91 Å². The van der Waals surface area contributed by atoms with Gasteiger partial charge in [0.25, 0.3) is 0 Å². The van der Waals surface area contributed by atoms with Gasteiger partial charge in [0, 0.05) is 63.3 Å². The number of nitrogens with zero attached hydrogens (tertiary/aromatic N) is 5. The van der Waals surface area contributed by atoms with E-state index in [1.165, 1.54) is 5.56 Å². The molecule has 0 aliphatic carbocycles. The maximum Gasteiger partial charge on any atom is 0.233 e. The van der Waals surface area contributed by atoms with Crippen LogP contribution in [0, 0.1) is 0 Å². The lowest BCUT2D eigenvalue weighted by Crippen LogP contribution is -2.47. The van der Waals surface area contributed by atoms with Crippen LogP contribution in [0.4, 0.5) is 0 Å². The second-order valence-electron chi connectivity index (χ2n) is 8.29. The number of ether oxygens (including phenoxy) is 1. The van der Waals surface area contributed by atoms with E-state index in [1.54, 1.807) is 0 Å². The smallest absolute Gasteiger partial charge is 0.233 e. The molecule has 1 saturated heterocycles. The molecular weight excluding hydrogens is 390 g/mol. The van der Waals surface area contributed by atoms with E-state index in [-0.39, 0.29) is 11.8 Å². The van der Waals surface area contributed by atoms with Gasteiger partial charge in [0.15, 0.2) is 0 Å². The third-order valence-electron chi connectivity index (χ3n) is 6.04. The van der Waals surface area contributed by atoms with Crippen molar-refractivity contribution in [1.82, 2.24) is 24.6 Å². The summed E-state index contributed by atoms with van der Waals surface area (Å²) in [5.74, 6) is -0.0608. The van der Waals surface area contributed by atoms with Crippen LogP contribution in [0.1, 0.15) is 22.7 Å². The predicted molar refractivity (Wildman–Crippen MR) is 117 cm³/mol. The number of aromatic nitrogens is 3. The summed E-state index contributed by atoms with van der Waals surface area (Å²) >= 11 is 0. The van der Waals surface area contributed by atoms with Crippen molar-refractivity contribution in [3.8, 4) is 11.3 Å². The number of hydrogen-bond acceptors (Lipinski definition) is 5. The molecule has 1 aromatic carbocycles. The number of rotatable bonds is 4. The number of carbonyl (C=O) groups is 1. The SMILES string of the molecule is Cn1cc2c(n1)C(C(=O)N1CCOCC1)CN(Cc1ccc(-c3ccccn3)cc1)C2. The highest BCUT2D eigenvalue weighted by Gasteiger charge is 2.36. The molecule has 1 unspecified atom stereocenters. The van der Waals surface area contributed by atoms with Crippen LogP contribution in [-0.4, -0.2) is 63.3 Å². The van der Waals surface area contributed by atoms with Crippen LogP contribution in [0.2, 0.25) is 0 Å². The molecule has 0 spiro atoms. The minimum Gasteiger partial charge on any atom is -0.378 e. The normalized spacial score (nSPS) is 19.3. The fraction of sp³-hybridized carbons (Fsp3) is 0.375. The molecule has 1 atom stereocenters. The Morgan fingerprint density at radius 3 is 2.68 bits per heavy atom. The van der Waals surface area contributed by atoms with Crippen molar-refractivity contribution in [3.05, 3.63) is 71.7 Å². The summed E-state index contributed by atoms with van der Waals surface area (Å²) in [4.78, 5) is 22.0. The molecule has 7 nitrogen and oxygen atoms in total. The first kappa shape index (κ1) is 19.9. The van der Waals surface area contributed by atoms with Crippen LogP contribution in [0.15, 0.2) is 54.9 Å². The number of benzene rings is 1. The van der Waals surface area contributed by atoms with Crippen molar-refractivity contribution < 1.29 is 9.53 Å². The lowest BCUT2D eigenvalue weighted by atomic mass is 9.94. The average Bonchev–Trinajstić information content (AvgIpc) is 3.20. The number of carbonyl (C=O) groups excluding carboxylic acids is 1. The molecule has 31 heavy (non-hydrogen) atoms. The van der Waals surface area contributed by atoms with Gasteiger partial charge in [-0.1, -0.05) is 30.3 Å². The second kappa shape index (κ2) is 8.61. The molecule has 1 amide bonds. The highest BCUT2D eigenvalue weighted by atomic mass is 16.5. The highest BCUT2D eigenvalue weighted by molar-refractivity contribution is 5.84. The number of hydrogen-bond donors (Lipinski definition) is 0. The maximum absolute atomic E-state index is 13.3. The van der Waals surface area contributed by atoms with Crippen molar-refractivity contribution >= 4 is 5.91 Å². The van der Waals surface area contributed by atoms with Crippen molar-refractivity contribution in [2.24, 2.45) is 7.05 Å². The third-order valence-corrected chi connectivity index (χ3v) is 6.04. The topological polar surface area (TPSA) is 63.5 Å². The molecule has 0 bridgehead atoms. The lowest BCUT2D eigenvalue weighted by Gasteiger charge is -2.35. The van der Waals surface area contributed by atoms with Gasteiger partial charge in [-0.3, -0.25) is 19.4 Å². The van der Waals surface area contributed by atoms with E-state index in [4.69, 9.17) is 4.74 Å². The summed E-state index contributed by atoms with van der Waals surface area (Å²) in [6, 6.07) is 14.5. The van der Waals surface area contributed by atoms with Gasteiger partial charge in [0.1, 0.15) is 0 Å². The number of pyridine rings is 1. The molecule has 2 aliphatic rings. The Labute approximate surface area is 182 Å². The van der Waals surface area contributed by atoms with Crippen molar-refractivity contribution in [2.45, 2.75) is 19.0 Å². The van der Waals surface area contributed by atoms with Gasteiger partial charge in [-0.15, -0.1) is 0 Å². The van der Waals surface area contributed by atoms with Crippen LogP contribution in [0.25, 0.3) is 11.3 Å². The standard InChI is InChI=1S/C24H27N5O2/c1-27-15-20-16-28(14-18-5-7-19(8-6-18)22-4-2-3-9-25-22)17-21(23(20)26-27)24(30)29-10-12-31-13-11-29/h2-9,15,21H,10-14,16-17H2,1H3. The van der Waals surface area contributed by atoms with E-state index in [2.05, 4.69) is 39.2 Å². The molecule has 0 radical (unpaired) electrons. The summed E-state index contributed by atoms with van der Waals surface area (Å²) in [6.45, 7) is 4.82. The number of aryl methyl sites for hydroxylation is 1. The Bertz CT molecular complexity index is 1040. The van der Waals surface area contributed by atoms with E-state index < -0.39 is 0 Å². The molecule has 0 N–H and O–H groups in total. The van der Waals surface area contributed by atoms with Crippen LogP contribution in [0.3, 0.4) is 0 Å². The number of fused-ring (bicyclic) bond motifs is 1. The van der Waals surface area contributed by atoms with Crippen LogP contribution < -0.4 is 0 Å². The zero-order chi connectivity index (χ0) is 21.2. The minimum absolute atomic E-state index is 0.165. The molecule has 1 fully saturated rings. The Morgan fingerprint density at radius 1 is 1.13 bits per heavy atom. The van der Waals surface area contributed by atoms with Crippen LogP contribution in [0.5, 0.6) is 0 Å². The zero-order valence-electron chi connectivity index (χ0n) is 17.8. The van der Waals surface area contributed by atoms with Crippen molar-refractivity contribution in [2.75, 3.05) is 32.8 Å². The Hall–Kier alpha value is -3.03. The second-order valence-corrected chi connectivity index (χ2v) is 8.29. The Balaban J connectivity index is 1.33. The summed E-state index contributed by atoms with van der Waals surface area (Å²) in [6.07, 6.45) is 3.86. The molecule has 3 aromatic rings. The summed E-state index contributed by atoms with van der Waals surface area (Å²) < 4.78 is 7.25. The molecule has 5 rings (SSSR count). The average molecular weight is 418 g/mol. The number of amides is 1. The minimum atomic E-state index is -0.226. The van der Waals surface area contributed by atoms with Crippen molar-refractivity contribution in [1.29, 1.82) is 0 Å². The predicted octanol–water partition coefficient (Wildman–Crippen LogP) is 2.44. The highest BCUT2D eigenvalue weighted by Crippen LogP contribution is 2.30. The third kappa shape index (κ3) is 4.24. The molecule has 0 saturated carbocycles. The fourth-order valence-electron chi connectivity index (χ4n) is 4.51. The molecule has 160 valence electrons. The summed E-state index contributed by atoms with van der Waals surface area (Å²) in [5, 5.41) is 4.64. The van der Waals surface area contributed by atoms with Gasteiger partial charge in [-0.05, 0) is 17.7 Å². The molecule has 7 heteroatoms. The largest absolute Gasteiger partial charge is 0.378 e. The molecular formula is C24H27N5O2. The number of morpholine rings is 1. The first-order valence-corrected chi connectivity index (χ1v) is 10.8. The Morgan fingerprint density at radius 2 is 1.94 bits per heavy atom. The van der Waals surface area contributed by atoms with Gasteiger partial charge >= 0.3 is 0 Å². The van der Waals surface area contributed by atoms with E-state index in [0.29, 0.717) is 32.8 Å². The summed E-state index contributed by atoms with van der Waals surface area (Å²) in [5.41, 5.74) is 5.39. The quantitative estimate of drug-likeness (QED) is 0.653. The van der Waals surface area contributed by atoms with E-state index >= 15 is 0 Å².